The van der Waals surface area contributed by atoms with Gasteiger partial charge in [0, 0.05) is 11.0 Å². The lowest BCUT2D eigenvalue weighted by atomic mass is 10.1. The van der Waals surface area contributed by atoms with Gasteiger partial charge >= 0.3 is 5.97 Å². The largest absolute Gasteiger partial charge is 0.465 e. The maximum absolute atomic E-state index is 11.3. The van der Waals surface area contributed by atoms with E-state index < -0.39 is 0 Å². The molecule has 0 aliphatic rings. The lowest BCUT2D eigenvalue weighted by Crippen LogP contribution is -2.05. The second-order valence-electron chi connectivity index (χ2n) is 4.56. The first-order valence-corrected chi connectivity index (χ1v) is 6.09. The normalized spacial score (nSPS) is 11.8. The molecule has 0 atom stereocenters. The number of benzene rings is 1. The van der Waals surface area contributed by atoms with Crippen molar-refractivity contribution in [2.45, 2.75) is 25.5 Å². The fourth-order valence-electron chi connectivity index (χ4n) is 1.11. The second-order valence-corrected chi connectivity index (χ2v) is 6.17. The number of carbonyl (C=O) groups is 1. The highest BCUT2D eigenvalue weighted by Gasteiger charge is 2.09. The third-order valence-electron chi connectivity index (χ3n) is 1.84. The Bertz CT molecular complexity index is 422. The highest BCUT2D eigenvalue weighted by molar-refractivity contribution is 7.99. The van der Waals surface area contributed by atoms with Gasteiger partial charge in [-0.05, 0) is 50.4 Å². The molecule has 0 heterocycles. The summed E-state index contributed by atoms with van der Waals surface area (Å²) < 4.78 is 9.03. The summed E-state index contributed by atoms with van der Waals surface area (Å²) in [5.41, 5.74) is 1.43. The summed E-state index contributed by atoms with van der Waals surface area (Å²) in [4.78, 5) is 11.3. The minimum atomic E-state index is -0.330. The van der Waals surface area contributed by atoms with Gasteiger partial charge < -0.3 is 4.74 Å². The second kappa shape index (κ2) is 5.87. The van der Waals surface area contributed by atoms with Crippen LogP contribution in [0.1, 0.15) is 36.7 Å². The molecule has 0 bridgehead atoms. The number of carbonyl (C=O) groups excluding carboxylic acids is 1. The molecule has 0 fully saturated rings. The average molecular weight is 251 g/mol. The van der Waals surface area contributed by atoms with E-state index in [1.54, 1.807) is 18.3 Å². The number of methoxy groups -OCH3 is 1. The molecule has 1 rings (SSSR count). The van der Waals surface area contributed by atoms with E-state index in [1.807, 2.05) is 12.1 Å². The Morgan fingerprint density at radius 1 is 1.41 bits per heavy atom. The van der Waals surface area contributed by atoms with Crippen molar-refractivity contribution in [3.63, 3.8) is 0 Å². The van der Waals surface area contributed by atoms with Crippen LogP contribution in [-0.2, 0) is 4.74 Å². The number of rotatable bonds is 3. The van der Waals surface area contributed by atoms with E-state index in [9.17, 15) is 4.79 Å². The fraction of sp³-hybridized carbons (Fsp3) is 0.385. The minimum Gasteiger partial charge on any atom is -0.465 e. The molecule has 0 spiro atoms. The molecule has 0 aliphatic heterocycles. The maximum atomic E-state index is 11.3. The lowest BCUT2D eigenvalue weighted by molar-refractivity contribution is 0.0600. The molecule has 0 saturated heterocycles. The monoisotopic (exact) mass is 251 g/mol. The zero-order valence-electron chi connectivity index (χ0n) is 10.6. The standard InChI is InChI=1S/C13H17NO2S/c1-13(2,3)17-14-9-10-6-5-7-11(8-10)12(15)16-4/h5-9H,1-4H3/b14-9+. The van der Waals surface area contributed by atoms with Crippen LogP contribution in [0.25, 0.3) is 0 Å². The van der Waals surface area contributed by atoms with Crippen LogP contribution >= 0.6 is 11.9 Å². The highest BCUT2D eigenvalue weighted by Crippen LogP contribution is 2.23. The molecule has 17 heavy (non-hydrogen) atoms. The minimum absolute atomic E-state index is 0.0937. The van der Waals surface area contributed by atoms with Gasteiger partial charge in [0.2, 0.25) is 0 Å². The first-order valence-electron chi connectivity index (χ1n) is 5.32. The Hall–Kier alpha value is -1.29. The molecule has 0 unspecified atom stereocenters. The maximum Gasteiger partial charge on any atom is 0.337 e. The molecule has 1 aromatic carbocycles. The number of nitrogens with zero attached hydrogens (tertiary/aromatic N) is 1. The molecule has 0 amide bonds. The lowest BCUT2D eigenvalue weighted by Gasteiger charge is -2.12. The zero-order valence-corrected chi connectivity index (χ0v) is 11.4. The quantitative estimate of drug-likeness (QED) is 0.470. The molecule has 0 radical (unpaired) electrons. The molecule has 0 aromatic heterocycles. The van der Waals surface area contributed by atoms with Crippen molar-refractivity contribution in [1.29, 1.82) is 0 Å². The Balaban J connectivity index is 2.76. The predicted molar refractivity (Wildman–Crippen MR) is 72.7 cm³/mol. The van der Waals surface area contributed by atoms with Crippen molar-refractivity contribution in [3.8, 4) is 0 Å². The van der Waals surface area contributed by atoms with Crippen molar-refractivity contribution < 1.29 is 9.53 Å². The molecular formula is C13H17NO2S. The Morgan fingerprint density at radius 2 is 2.12 bits per heavy atom. The molecule has 3 nitrogen and oxygen atoms in total. The van der Waals surface area contributed by atoms with Crippen LogP contribution < -0.4 is 0 Å². The van der Waals surface area contributed by atoms with Gasteiger partial charge in [0.25, 0.3) is 0 Å². The average Bonchev–Trinajstić information content (AvgIpc) is 2.27. The first kappa shape index (κ1) is 13.8. The van der Waals surface area contributed by atoms with Crippen LogP contribution in [-0.4, -0.2) is 24.0 Å². The summed E-state index contributed by atoms with van der Waals surface area (Å²) in [5, 5.41) is 0. The summed E-state index contributed by atoms with van der Waals surface area (Å²) in [6.07, 6.45) is 1.75. The van der Waals surface area contributed by atoms with Gasteiger partial charge in [-0.1, -0.05) is 12.1 Å². The third-order valence-corrected chi connectivity index (χ3v) is 2.59. The Kier molecular flexibility index (Phi) is 4.75. The molecule has 0 saturated carbocycles. The van der Waals surface area contributed by atoms with Crippen LogP contribution in [0.5, 0.6) is 0 Å². The summed E-state index contributed by atoms with van der Waals surface area (Å²) in [6.45, 7) is 6.29. The number of hydrogen-bond acceptors (Lipinski definition) is 4. The van der Waals surface area contributed by atoms with Crippen molar-refractivity contribution in [3.05, 3.63) is 35.4 Å². The van der Waals surface area contributed by atoms with E-state index in [0.717, 1.165) is 5.56 Å². The summed E-state index contributed by atoms with van der Waals surface area (Å²) in [7, 11) is 1.37. The zero-order chi connectivity index (χ0) is 12.9. The van der Waals surface area contributed by atoms with Crippen LogP contribution in [0.2, 0.25) is 0 Å². The van der Waals surface area contributed by atoms with E-state index in [4.69, 9.17) is 0 Å². The molecule has 92 valence electrons. The summed E-state index contributed by atoms with van der Waals surface area (Å²) >= 11 is 1.50. The topological polar surface area (TPSA) is 38.7 Å². The van der Waals surface area contributed by atoms with Crippen molar-refractivity contribution in [1.82, 2.24) is 0 Å². The van der Waals surface area contributed by atoms with Gasteiger partial charge in [0.1, 0.15) is 0 Å². The highest BCUT2D eigenvalue weighted by atomic mass is 32.2. The predicted octanol–water partition coefficient (Wildman–Crippen LogP) is 3.34. The summed E-state index contributed by atoms with van der Waals surface area (Å²) in [5.74, 6) is -0.330. The van der Waals surface area contributed by atoms with E-state index >= 15 is 0 Å². The van der Waals surface area contributed by atoms with Crippen molar-refractivity contribution in [2.24, 2.45) is 4.40 Å². The summed E-state index contributed by atoms with van der Waals surface area (Å²) in [6, 6.07) is 7.20. The third kappa shape index (κ3) is 5.04. The van der Waals surface area contributed by atoms with Crippen LogP contribution in [0.3, 0.4) is 0 Å². The SMILES string of the molecule is COC(=O)c1cccc(/C=N/SC(C)(C)C)c1. The Labute approximate surface area is 106 Å². The number of ether oxygens (including phenoxy) is 1. The van der Waals surface area contributed by atoms with E-state index in [-0.39, 0.29) is 10.7 Å². The van der Waals surface area contributed by atoms with Crippen LogP contribution in [0.15, 0.2) is 28.7 Å². The van der Waals surface area contributed by atoms with Crippen molar-refractivity contribution >= 4 is 24.1 Å². The van der Waals surface area contributed by atoms with Gasteiger partial charge in [-0.15, -0.1) is 0 Å². The van der Waals surface area contributed by atoms with Crippen LogP contribution in [0, 0.1) is 0 Å². The Morgan fingerprint density at radius 3 is 2.71 bits per heavy atom. The van der Waals surface area contributed by atoms with Gasteiger partial charge in [-0.2, -0.15) is 0 Å². The van der Waals surface area contributed by atoms with E-state index in [2.05, 4.69) is 29.9 Å². The van der Waals surface area contributed by atoms with E-state index in [0.29, 0.717) is 5.56 Å². The molecule has 4 heteroatoms. The van der Waals surface area contributed by atoms with E-state index in [1.165, 1.54) is 19.1 Å². The molecule has 0 N–H and O–H groups in total. The first-order chi connectivity index (χ1) is 7.92. The van der Waals surface area contributed by atoms with Gasteiger partial charge in [-0.3, -0.25) is 0 Å². The molecule has 1 aromatic rings. The van der Waals surface area contributed by atoms with Gasteiger partial charge in [0.15, 0.2) is 0 Å². The molecular weight excluding hydrogens is 234 g/mol. The number of hydrogen-bond donors (Lipinski definition) is 0. The van der Waals surface area contributed by atoms with Gasteiger partial charge in [-0.25, -0.2) is 9.19 Å². The van der Waals surface area contributed by atoms with Gasteiger partial charge in [0.05, 0.1) is 12.7 Å². The fourth-order valence-corrected chi connectivity index (χ4v) is 1.60. The number of esters is 1. The molecule has 0 aliphatic carbocycles. The smallest absolute Gasteiger partial charge is 0.337 e. The van der Waals surface area contributed by atoms with Crippen LogP contribution in [0.4, 0.5) is 0 Å². The van der Waals surface area contributed by atoms with Crippen molar-refractivity contribution in [2.75, 3.05) is 7.11 Å².